The first-order valence-corrected chi connectivity index (χ1v) is 24.8. The molecule has 0 heterocycles. The molecule has 1 aromatic rings. The number of benzene rings is 1. The lowest BCUT2D eigenvalue weighted by atomic mass is 10.1. The largest absolute Gasteiger partial charge is 0.466 e. The van der Waals surface area contributed by atoms with Crippen LogP contribution in [0.1, 0.15) is 45.6 Å². The van der Waals surface area contributed by atoms with Crippen molar-refractivity contribution in [2.24, 2.45) is 0 Å². The third-order valence-electron chi connectivity index (χ3n) is 6.52. The summed E-state index contributed by atoms with van der Waals surface area (Å²) in [5, 5.41) is 8.04. The van der Waals surface area contributed by atoms with Gasteiger partial charge in [-0.2, -0.15) is 11.8 Å². The van der Waals surface area contributed by atoms with Crippen molar-refractivity contribution in [2.45, 2.75) is 115 Å². The van der Waals surface area contributed by atoms with Crippen LogP contribution in [-0.4, -0.2) is 89.2 Å². The summed E-state index contributed by atoms with van der Waals surface area (Å²) in [6.07, 6.45) is -0.975. The molecule has 0 aliphatic rings. The van der Waals surface area contributed by atoms with Gasteiger partial charge in [-0.1, -0.05) is 69.6 Å². The van der Waals surface area contributed by atoms with Crippen molar-refractivity contribution in [3.8, 4) is 0 Å². The van der Waals surface area contributed by atoms with Gasteiger partial charge >= 0.3 is 18.0 Å². The van der Waals surface area contributed by atoms with E-state index in [0.717, 1.165) is 17.7 Å². The highest BCUT2D eigenvalue weighted by atomic mass is 32.2. The van der Waals surface area contributed by atoms with E-state index < -0.39 is 57.7 Å². The predicted octanol–water partition coefficient (Wildman–Crippen LogP) is 5.35. The van der Waals surface area contributed by atoms with E-state index in [1.165, 1.54) is 11.8 Å². The first kappa shape index (κ1) is 42.2. The minimum Gasteiger partial charge on any atom is -0.466 e. The molecule has 0 unspecified atom stereocenters. The Bertz CT molecular complexity index is 1150. The van der Waals surface area contributed by atoms with E-state index in [9.17, 15) is 24.0 Å². The third-order valence-corrected chi connectivity index (χ3v) is 11.0. The monoisotopic (exact) mass is 711 g/mol. The molecule has 0 radical (unpaired) electrons. The van der Waals surface area contributed by atoms with Gasteiger partial charge in [0.25, 0.3) is 0 Å². The van der Waals surface area contributed by atoms with Gasteiger partial charge in [-0.05, 0) is 44.8 Å². The Kier molecular flexibility index (Phi) is 18.4. The van der Waals surface area contributed by atoms with Crippen molar-refractivity contribution in [1.82, 2.24) is 16.0 Å². The van der Waals surface area contributed by atoms with Crippen LogP contribution in [0.4, 0.5) is 4.79 Å². The van der Waals surface area contributed by atoms with Gasteiger partial charge in [0, 0.05) is 40.6 Å². The molecule has 0 aromatic heterocycles. The number of hydrogen-bond donors (Lipinski definition) is 3. The SMILES string of the molecule is CC(C)(C)OC(=O)N[C@H](CCC(=O)N[C@@H](CSCc1ccccc1)C(=O)NCCC(=O)OCC[Si](C)(C)C)C(=O)OCC[Si](C)(C)C. The van der Waals surface area contributed by atoms with Crippen LogP contribution in [0, 0.1) is 0 Å². The zero-order valence-corrected chi connectivity index (χ0v) is 32.6. The second-order valence-corrected chi connectivity index (χ2v) is 27.2. The zero-order chi connectivity index (χ0) is 35.7. The molecule has 47 heavy (non-hydrogen) atoms. The van der Waals surface area contributed by atoms with Gasteiger partial charge in [-0.3, -0.25) is 14.4 Å². The molecule has 0 bridgehead atoms. The Morgan fingerprint density at radius 1 is 0.809 bits per heavy atom. The Hall–Kier alpha value is -2.85. The van der Waals surface area contributed by atoms with Gasteiger partial charge in [0.15, 0.2) is 0 Å². The van der Waals surface area contributed by atoms with Gasteiger partial charge < -0.3 is 30.2 Å². The summed E-state index contributed by atoms with van der Waals surface area (Å²) in [5.74, 6) is -1.01. The summed E-state index contributed by atoms with van der Waals surface area (Å²) in [5.41, 5.74) is 0.295. The van der Waals surface area contributed by atoms with Gasteiger partial charge in [0.1, 0.15) is 17.7 Å². The van der Waals surface area contributed by atoms with Crippen LogP contribution in [0.5, 0.6) is 0 Å². The molecular formula is C33H57N3O8SSi2. The van der Waals surface area contributed by atoms with Crippen LogP contribution in [0.25, 0.3) is 0 Å². The van der Waals surface area contributed by atoms with Crippen molar-refractivity contribution in [2.75, 3.05) is 25.5 Å². The van der Waals surface area contributed by atoms with Gasteiger partial charge in [0.2, 0.25) is 11.8 Å². The van der Waals surface area contributed by atoms with E-state index in [0.29, 0.717) is 12.4 Å². The molecule has 0 aliphatic carbocycles. The van der Waals surface area contributed by atoms with Crippen molar-refractivity contribution >= 4 is 57.8 Å². The second kappa shape index (κ2) is 20.5. The molecule has 0 fully saturated rings. The fourth-order valence-electron chi connectivity index (χ4n) is 3.81. The summed E-state index contributed by atoms with van der Waals surface area (Å²) < 4.78 is 16.1. The van der Waals surface area contributed by atoms with Crippen LogP contribution in [0.15, 0.2) is 30.3 Å². The summed E-state index contributed by atoms with van der Waals surface area (Å²) in [4.78, 5) is 63.8. The quantitative estimate of drug-likeness (QED) is 0.0925. The molecule has 0 saturated carbocycles. The second-order valence-electron chi connectivity index (χ2n) is 14.9. The summed E-state index contributed by atoms with van der Waals surface area (Å²) in [7, 11) is -2.80. The minimum absolute atomic E-state index is 0.0209. The third kappa shape index (κ3) is 22.4. The molecule has 1 aromatic carbocycles. The van der Waals surface area contributed by atoms with E-state index in [1.807, 2.05) is 30.3 Å². The van der Waals surface area contributed by atoms with E-state index in [2.05, 4.69) is 55.2 Å². The smallest absolute Gasteiger partial charge is 0.408 e. The van der Waals surface area contributed by atoms with Crippen LogP contribution >= 0.6 is 11.8 Å². The minimum atomic E-state index is -1.47. The van der Waals surface area contributed by atoms with Crippen molar-refractivity contribution in [3.63, 3.8) is 0 Å². The number of nitrogens with one attached hydrogen (secondary N) is 3. The summed E-state index contributed by atoms with van der Waals surface area (Å²) >= 11 is 1.48. The van der Waals surface area contributed by atoms with Crippen molar-refractivity contribution in [1.29, 1.82) is 0 Å². The van der Waals surface area contributed by atoms with E-state index in [1.54, 1.807) is 20.8 Å². The highest BCUT2D eigenvalue weighted by Crippen LogP contribution is 2.15. The van der Waals surface area contributed by atoms with Crippen molar-refractivity contribution < 1.29 is 38.2 Å². The van der Waals surface area contributed by atoms with Gasteiger partial charge in [-0.25, -0.2) is 9.59 Å². The normalized spacial score (nSPS) is 13.1. The van der Waals surface area contributed by atoms with Gasteiger partial charge in [0.05, 0.1) is 19.6 Å². The summed E-state index contributed by atoms with van der Waals surface area (Å²) in [6, 6.07) is 9.38. The number of esters is 2. The number of alkyl carbamates (subject to hydrolysis) is 1. The lowest BCUT2D eigenvalue weighted by Gasteiger charge is -2.24. The Morgan fingerprint density at radius 3 is 1.98 bits per heavy atom. The first-order valence-electron chi connectivity index (χ1n) is 16.2. The number of rotatable bonds is 20. The van der Waals surface area contributed by atoms with Crippen LogP contribution < -0.4 is 16.0 Å². The van der Waals surface area contributed by atoms with Crippen molar-refractivity contribution in [3.05, 3.63) is 35.9 Å². The number of carbonyl (C=O) groups excluding carboxylic acids is 5. The highest BCUT2D eigenvalue weighted by Gasteiger charge is 2.28. The first-order chi connectivity index (χ1) is 21.7. The fourth-order valence-corrected chi connectivity index (χ4v) is 6.25. The Balaban J connectivity index is 2.84. The standard InChI is InChI=1S/C33H57N3O8SSi2/c1-33(2,3)44-32(41)36-26(31(40)43-20-22-47(7,8)9)15-16-28(37)35-27(24-45-23-25-13-11-10-12-14-25)30(39)34-18-17-29(38)42-19-21-46(4,5)6/h10-14,26-27H,15-24H2,1-9H3,(H,34,39)(H,35,37)(H,36,41)/t26-,27+/m1/s1. The molecule has 3 amide bonds. The molecule has 266 valence electrons. The molecule has 14 heteroatoms. The van der Waals surface area contributed by atoms with E-state index in [-0.39, 0.29) is 44.1 Å². The molecule has 0 saturated heterocycles. The van der Waals surface area contributed by atoms with E-state index >= 15 is 0 Å². The molecule has 11 nitrogen and oxygen atoms in total. The lowest BCUT2D eigenvalue weighted by molar-refractivity contribution is -0.146. The molecule has 1 rings (SSSR count). The summed E-state index contributed by atoms with van der Waals surface area (Å²) in [6.45, 7) is 18.9. The van der Waals surface area contributed by atoms with Gasteiger partial charge in [-0.15, -0.1) is 0 Å². The lowest BCUT2D eigenvalue weighted by Crippen LogP contribution is -2.49. The zero-order valence-electron chi connectivity index (χ0n) is 29.8. The molecule has 2 atom stereocenters. The number of carbonyl (C=O) groups is 5. The average Bonchev–Trinajstić information content (AvgIpc) is 2.92. The molecule has 0 aliphatic heterocycles. The number of ether oxygens (including phenoxy) is 3. The maximum absolute atomic E-state index is 13.1. The maximum atomic E-state index is 13.1. The molecular weight excluding hydrogens is 655 g/mol. The van der Waals surface area contributed by atoms with Crippen LogP contribution in [-0.2, 0) is 39.1 Å². The maximum Gasteiger partial charge on any atom is 0.408 e. The predicted molar refractivity (Wildman–Crippen MR) is 193 cm³/mol. The molecule has 0 spiro atoms. The fraction of sp³-hybridized carbons (Fsp3) is 0.667. The average molecular weight is 712 g/mol. The molecule has 3 N–H and O–H groups in total. The number of amides is 3. The Morgan fingerprint density at radius 2 is 1.40 bits per heavy atom. The highest BCUT2D eigenvalue weighted by molar-refractivity contribution is 7.98. The number of thioether (sulfide) groups is 1. The van der Waals surface area contributed by atoms with Crippen LogP contribution in [0.3, 0.4) is 0 Å². The van der Waals surface area contributed by atoms with E-state index in [4.69, 9.17) is 14.2 Å². The Labute approximate surface area is 287 Å². The van der Waals surface area contributed by atoms with Crippen LogP contribution in [0.2, 0.25) is 51.4 Å². The number of hydrogen-bond acceptors (Lipinski definition) is 9. The topological polar surface area (TPSA) is 149 Å².